The van der Waals surface area contributed by atoms with Crippen molar-refractivity contribution in [3.63, 3.8) is 0 Å². The molecule has 1 heterocycles. The summed E-state index contributed by atoms with van der Waals surface area (Å²) >= 11 is 5.75. The highest BCUT2D eigenvalue weighted by Gasteiger charge is 2.37. The van der Waals surface area contributed by atoms with E-state index in [1.807, 2.05) is 0 Å². The SMILES string of the molecule is CC(C)(C)NC(=O)C(=O)C(C[C@@H]1CCNC1=O)NC(=O)C(CC1CC1)NC(=O)/C=C/c1ccc(Cl)cc1F. The zero-order valence-electron chi connectivity index (χ0n) is 21.7. The molecule has 1 aromatic rings. The molecule has 11 heteroatoms. The lowest BCUT2D eigenvalue weighted by Gasteiger charge is -2.25. The first kappa shape index (κ1) is 29.3. The third kappa shape index (κ3) is 8.93. The fourth-order valence-electron chi connectivity index (χ4n) is 4.16. The Morgan fingerprint density at radius 2 is 1.82 bits per heavy atom. The summed E-state index contributed by atoms with van der Waals surface area (Å²) in [4.78, 5) is 63.7. The Balaban J connectivity index is 1.72. The second-order valence-electron chi connectivity index (χ2n) is 10.9. The van der Waals surface area contributed by atoms with Gasteiger partial charge in [0.1, 0.15) is 11.9 Å². The van der Waals surface area contributed by atoms with Gasteiger partial charge in [0, 0.05) is 34.7 Å². The summed E-state index contributed by atoms with van der Waals surface area (Å²) in [6.45, 7) is 5.62. The number of rotatable bonds is 11. The minimum absolute atomic E-state index is 0.0339. The Labute approximate surface area is 226 Å². The van der Waals surface area contributed by atoms with Gasteiger partial charge >= 0.3 is 0 Å². The maximum absolute atomic E-state index is 14.0. The number of benzene rings is 1. The third-order valence-corrected chi connectivity index (χ3v) is 6.54. The number of Topliss-reactive ketones (excluding diaryl/α,β-unsaturated/α-hetero) is 1. The quantitative estimate of drug-likeness (QED) is 0.249. The van der Waals surface area contributed by atoms with E-state index in [2.05, 4.69) is 21.3 Å². The van der Waals surface area contributed by atoms with Crippen LogP contribution in [0.5, 0.6) is 0 Å². The Bertz CT molecular complexity index is 1130. The van der Waals surface area contributed by atoms with Crippen molar-refractivity contribution in [2.45, 2.75) is 70.5 Å². The van der Waals surface area contributed by atoms with Crippen LogP contribution in [0.1, 0.15) is 58.4 Å². The van der Waals surface area contributed by atoms with E-state index in [9.17, 15) is 28.4 Å². The predicted molar refractivity (Wildman–Crippen MR) is 140 cm³/mol. The molecule has 0 bridgehead atoms. The summed E-state index contributed by atoms with van der Waals surface area (Å²) in [6, 6.07) is 1.82. The molecule has 1 aliphatic carbocycles. The van der Waals surface area contributed by atoms with Gasteiger partial charge in [-0.25, -0.2) is 4.39 Å². The van der Waals surface area contributed by atoms with Gasteiger partial charge in [0.05, 0.1) is 6.04 Å². The van der Waals surface area contributed by atoms with Crippen molar-refractivity contribution in [2.24, 2.45) is 11.8 Å². The van der Waals surface area contributed by atoms with Gasteiger partial charge in [0.2, 0.25) is 23.5 Å². The van der Waals surface area contributed by atoms with Gasteiger partial charge < -0.3 is 21.3 Å². The van der Waals surface area contributed by atoms with Gasteiger partial charge in [-0.15, -0.1) is 0 Å². The van der Waals surface area contributed by atoms with E-state index in [-0.39, 0.29) is 28.8 Å². The molecule has 2 fully saturated rings. The number of ketones is 1. The molecule has 1 aromatic carbocycles. The smallest absolute Gasteiger partial charge is 0.290 e. The van der Waals surface area contributed by atoms with Crippen LogP contribution in [0.15, 0.2) is 24.3 Å². The van der Waals surface area contributed by atoms with Crippen LogP contribution in [0.2, 0.25) is 5.02 Å². The third-order valence-electron chi connectivity index (χ3n) is 6.30. The molecule has 4 amide bonds. The maximum atomic E-state index is 14.0. The number of halogens is 2. The maximum Gasteiger partial charge on any atom is 0.290 e. The second-order valence-corrected chi connectivity index (χ2v) is 11.3. The molecular formula is C27H34ClFN4O5. The van der Waals surface area contributed by atoms with Gasteiger partial charge in [0.15, 0.2) is 0 Å². The molecular weight excluding hydrogens is 515 g/mol. The Morgan fingerprint density at radius 3 is 2.39 bits per heavy atom. The summed E-state index contributed by atoms with van der Waals surface area (Å²) in [5, 5.41) is 10.7. The van der Waals surface area contributed by atoms with E-state index >= 15 is 0 Å². The van der Waals surface area contributed by atoms with Gasteiger partial charge in [-0.05, 0) is 64.2 Å². The van der Waals surface area contributed by atoms with Crippen molar-refractivity contribution in [1.29, 1.82) is 0 Å². The van der Waals surface area contributed by atoms with Crippen LogP contribution >= 0.6 is 11.6 Å². The standard InChI is InChI=1S/C27H34ClFN4O5/c1-27(2,3)33-26(38)23(35)20(13-17-10-11-30-24(17)36)32-25(37)21(12-15-4-5-15)31-22(34)9-7-16-6-8-18(28)14-19(16)29/h6-9,14-15,17,20-21H,4-5,10-13H2,1-3H3,(H,30,36)(H,31,34)(H,32,37)(H,33,38)/b9-7+/t17-,20?,21?/m0/s1. The van der Waals surface area contributed by atoms with Crippen LogP contribution in [0.25, 0.3) is 6.08 Å². The molecule has 206 valence electrons. The lowest BCUT2D eigenvalue weighted by molar-refractivity contribution is -0.141. The fraction of sp³-hybridized carbons (Fsp3) is 0.519. The molecule has 0 aromatic heterocycles. The van der Waals surface area contributed by atoms with Crippen LogP contribution in [0.4, 0.5) is 4.39 Å². The van der Waals surface area contributed by atoms with E-state index in [0.29, 0.717) is 19.4 Å². The van der Waals surface area contributed by atoms with Gasteiger partial charge in [0.25, 0.3) is 5.91 Å². The fourth-order valence-corrected chi connectivity index (χ4v) is 4.32. The minimum Gasteiger partial charge on any atom is -0.356 e. The van der Waals surface area contributed by atoms with Crippen LogP contribution < -0.4 is 21.3 Å². The molecule has 3 rings (SSSR count). The van der Waals surface area contributed by atoms with Crippen molar-refractivity contribution >= 4 is 47.1 Å². The molecule has 3 atom stereocenters. The Kier molecular flexibility index (Phi) is 9.65. The summed E-state index contributed by atoms with van der Waals surface area (Å²) in [6.07, 6.45) is 4.99. The molecule has 4 N–H and O–H groups in total. The van der Waals surface area contributed by atoms with Gasteiger partial charge in [-0.2, -0.15) is 0 Å². The van der Waals surface area contributed by atoms with Crippen molar-refractivity contribution in [1.82, 2.24) is 21.3 Å². The minimum atomic E-state index is -1.24. The predicted octanol–water partition coefficient (Wildman–Crippen LogP) is 2.27. The summed E-state index contributed by atoms with van der Waals surface area (Å²) < 4.78 is 14.0. The number of carbonyl (C=O) groups excluding carboxylic acids is 5. The largest absolute Gasteiger partial charge is 0.356 e. The lowest BCUT2D eigenvalue weighted by atomic mass is 9.94. The molecule has 2 aliphatic rings. The summed E-state index contributed by atoms with van der Waals surface area (Å²) in [5.74, 6) is -4.10. The second kappa shape index (κ2) is 12.5. The van der Waals surface area contributed by atoms with Crippen LogP contribution in [-0.4, -0.2) is 53.6 Å². The highest BCUT2D eigenvalue weighted by atomic mass is 35.5. The van der Waals surface area contributed by atoms with Crippen molar-refractivity contribution in [3.8, 4) is 0 Å². The Hall–Kier alpha value is -3.27. The zero-order chi connectivity index (χ0) is 28.0. The zero-order valence-corrected chi connectivity index (χ0v) is 22.5. The van der Waals surface area contributed by atoms with E-state index in [4.69, 9.17) is 11.6 Å². The highest BCUT2D eigenvalue weighted by Crippen LogP contribution is 2.33. The Morgan fingerprint density at radius 1 is 1.11 bits per heavy atom. The van der Waals surface area contributed by atoms with Crippen molar-refractivity contribution < 1.29 is 28.4 Å². The van der Waals surface area contributed by atoms with Gasteiger partial charge in [-0.1, -0.05) is 30.5 Å². The monoisotopic (exact) mass is 548 g/mol. The molecule has 38 heavy (non-hydrogen) atoms. The number of amides is 4. The average molecular weight is 549 g/mol. The van der Waals surface area contributed by atoms with Crippen molar-refractivity contribution in [2.75, 3.05) is 6.54 Å². The first-order valence-electron chi connectivity index (χ1n) is 12.7. The van der Waals surface area contributed by atoms with Crippen LogP contribution in [0, 0.1) is 17.7 Å². The first-order chi connectivity index (χ1) is 17.8. The summed E-state index contributed by atoms with van der Waals surface area (Å²) in [7, 11) is 0. The normalized spacial score (nSPS) is 19.0. The van der Waals surface area contributed by atoms with E-state index in [1.165, 1.54) is 18.2 Å². The highest BCUT2D eigenvalue weighted by molar-refractivity contribution is 6.38. The number of nitrogens with one attached hydrogen (secondary N) is 4. The first-order valence-corrected chi connectivity index (χ1v) is 13.1. The number of hydrogen-bond acceptors (Lipinski definition) is 5. The topological polar surface area (TPSA) is 133 Å². The molecule has 2 unspecified atom stereocenters. The van der Waals surface area contributed by atoms with Crippen molar-refractivity contribution in [3.05, 3.63) is 40.7 Å². The van der Waals surface area contributed by atoms with Crippen LogP contribution in [-0.2, 0) is 24.0 Å². The van der Waals surface area contributed by atoms with Crippen LogP contribution in [0.3, 0.4) is 0 Å². The molecule has 1 saturated carbocycles. The number of carbonyl (C=O) groups is 5. The van der Waals surface area contributed by atoms with E-state index in [0.717, 1.165) is 25.0 Å². The molecule has 9 nitrogen and oxygen atoms in total. The molecule has 0 radical (unpaired) electrons. The summed E-state index contributed by atoms with van der Waals surface area (Å²) in [5.41, 5.74) is -0.525. The van der Waals surface area contributed by atoms with Gasteiger partial charge in [-0.3, -0.25) is 24.0 Å². The molecule has 1 aliphatic heterocycles. The lowest BCUT2D eigenvalue weighted by Crippen LogP contribution is -2.56. The molecule has 0 spiro atoms. The molecule has 1 saturated heterocycles. The number of hydrogen-bond donors (Lipinski definition) is 4. The van der Waals surface area contributed by atoms with E-state index < -0.39 is 52.9 Å². The average Bonchev–Trinajstić information content (AvgIpc) is 3.55. The van der Waals surface area contributed by atoms with E-state index in [1.54, 1.807) is 20.8 Å².